The smallest absolute Gasteiger partial charge is 0.206 e. The molecule has 0 aliphatic carbocycles. The topological polar surface area (TPSA) is 43.7 Å². The highest BCUT2D eigenvalue weighted by molar-refractivity contribution is 5.77. The molecule has 1 aromatic heterocycles. The van der Waals surface area contributed by atoms with Crippen LogP contribution in [0, 0.1) is 0 Å². The molecule has 0 spiro atoms. The van der Waals surface area contributed by atoms with Gasteiger partial charge in [0, 0.05) is 19.7 Å². The Morgan fingerprint density at radius 2 is 2.47 bits per heavy atom. The van der Waals surface area contributed by atoms with E-state index in [4.69, 9.17) is 9.47 Å². The van der Waals surface area contributed by atoms with E-state index >= 15 is 0 Å². The Morgan fingerprint density at radius 3 is 3.27 bits per heavy atom. The standard InChI is InChI=1S/C11H14N2O2/c1-3-14-11-7-10-9(5-4-6-12-10)13-8(2)15-11/h4-6,11H,3,7H2,1-2H3/t11-/m0/s1. The van der Waals surface area contributed by atoms with Crippen molar-refractivity contribution >= 4 is 11.6 Å². The van der Waals surface area contributed by atoms with Crippen LogP contribution in [0.1, 0.15) is 19.5 Å². The summed E-state index contributed by atoms with van der Waals surface area (Å²) in [5.41, 5.74) is 1.80. The van der Waals surface area contributed by atoms with Gasteiger partial charge in [-0.3, -0.25) is 4.98 Å². The Morgan fingerprint density at radius 1 is 1.60 bits per heavy atom. The lowest BCUT2D eigenvalue weighted by atomic mass is 10.2. The molecule has 0 bridgehead atoms. The van der Waals surface area contributed by atoms with Gasteiger partial charge in [0.2, 0.25) is 6.29 Å². The zero-order chi connectivity index (χ0) is 10.7. The molecule has 0 saturated heterocycles. The van der Waals surface area contributed by atoms with Gasteiger partial charge in [-0.15, -0.1) is 0 Å². The number of nitrogens with zero attached hydrogens (tertiary/aromatic N) is 2. The van der Waals surface area contributed by atoms with Crippen molar-refractivity contribution in [2.24, 2.45) is 4.99 Å². The Kier molecular flexibility index (Phi) is 2.97. The lowest BCUT2D eigenvalue weighted by molar-refractivity contribution is -0.0821. The van der Waals surface area contributed by atoms with Gasteiger partial charge in [0.05, 0.1) is 17.8 Å². The van der Waals surface area contributed by atoms with E-state index in [0.29, 0.717) is 18.9 Å². The molecule has 0 amide bonds. The molecule has 1 aromatic rings. The first-order chi connectivity index (χ1) is 7.29. The van der Waals surface area contributed by atoms with Crippen LogP contribution in [-0.4, -0.2) is 23.8 Å². The van der Waals surface area contributed by atoms with Crippen LogP contribution in [0.5, 0.6) is 0 Å². The fourth-order valence-corrected chi connectivity index (χ4v) is 1.55. The third-order valence-electron chi connectivity index (χ3n) is 2.16. The lowest BCUT2D eigenvalue weighted by Gasteiger charge is -2.15. The van der Waals surface area contributed by atoms with Crippen LogP contribution in [0.3, 0.4) is 0 Å². The van der Waals surface area contributed by atoms with Crippen LogP contribution in [0.25, 0.3) is 0 Å². The summed E-state index contributed by atoms with van der Waals surface area (Å²) in [5.74, 6) is 0.625. The Hall–Kier alpha value is -1.42. The van der Waals surface area contributed by atoms with E-state index in [0.717, 1.165) is 11.4 Å². The zero-order valence-electron chi connectivity index (χ0n) is 8.93. The largest absolute Gasteiger partial charge is 0.452 e. The second-order valence-corrected chi connectivity index (χ2v) is 3.31. The van der Waals surface area contributed by atoms with Crippen LogP contribution in [0.15, 0.2) is 23.3 Å². The van der Waals surface area contributed by atoms with Crippen LogP contribution in [-0.2, 0) is 15.9 Å². The van der Waals surface area contributed by atoms with Gasteiger partial charge in [0.1, 0.15) is 0 Å². The molecule has 80 valence electrons. The van der Waals surface area contributed by atoms with E-state index in [9.17, 15) is 0 Å². The van der Waals surface area contributed by atoms with Gasteiger partial charge in [0.15, 0.2) is 5.90 Å². The van der Waals surface area contributed by atoms with Crippen molar-refractivity contribution in [1.82, 2.24) is 4.98 Å². The molecule has 2 rings (SSSR count). The number of aromatic nitrogens is 1. The summed E-state index contributed by atoms with van der Waals surface area (Å²) in [6.45, 7) is 4.40. The molecule has 0 aromatic carbocycles. The maximum Gasteiger partial charge on any atom is 0.206 e. The normalized spacial score (nSPS) is 19.9. The average Bonchev–Trinajstić information content (AvgIpc) is 2.35. The highest BCUT2D eigenvalue weighted by Crippen LogP contribution is 2.22. The van der Waals surface area contributed by atoms with E-state index in [-0.39, 0.29) is 6.29 Å². The van der Waals surface area contributed by atoms with Crippen molar-refractivity contribution in [1.29, 1.82) is 0 Å². The number of fused-ring (bicyclic) bond motifs is 1. The first-order valence-electron chi connectivity index (χ1n) is 5.07. The summed E-state index contributed by atoms with van der Waals surface area (Å²) < 4.78 is 11.0. The van der Waals surface area contributed by atoms with Crippen LogP contribution >= 0.6 is 0 Å². The number of rotatable bonds is 2. The van der Waals surface area contributed by atoms with Gasteiger partial charge in [-0.25, -0.2) is 4.99 Å². The SMILES string of the molecule is CCO[C@@H]1Cc2ncccc2N=C(C)O1. The molecular weight excluding hydrogens is 192 g/mol. The molecule has 15 heavy (non-hydrogen) atoms. The molecule has 0 saturated carbocycles. The molecule has 0 radical (unpaired) electrons. The quantitative estimate of drug-likeness (QED) is 0.744. The number of pyridine rings is 1. The van der Waals surface area contributed by atoms with E-state index in [1.54, 1.807) is 6.20 Å². The van der Waals surface area contributed by atoms with Crippen LogP contribution < -0.4 is 0 Å². The maximum atomic E-state index is 5.52. The predicted octanol–water partition coefficient (Wildman–Crippen LogP) is 2.07. The Labute approximate surface area is 89.0 Å². The molecule has 1 aliphatic heterocycles. The molecule has 2 heterocycles. The average molecular weight is 206 g/mol. The molecular formula is C11H14N2O2. The molecule has 1 atom stereocenters. The van der Waals surface area contributed by atoms with Gasteiger partial charge in [-0.1, -0.05) is 0 Å². The Bertz CT molecular complexity index is 377. The molecule has 0 unspecified atom stereocenters. The minimum Gasteiger partial charge on any atom is -0.452 e. The van der Waals surface area contributed by atoms with E-state index in [1.165, 1.54) is 0 Å². The molecule has 4 nitrogen and oxygen atoms in total. The molecule has 4 heteroatoms. The molecule has 0 N–H and O–H groups in total. The summed E-state index contributed by atoms with van der Waals surface area (Å²) in [6.07, 6.45) is 2.14. The third-order valence-corrected chi connectivity index (χ3v) is 2.16. The zero-order valence-corrected chi connectivity index (χ0v) is 8.93. The first kappa shape index (κ1) is 10.1. The summed E-state index contributed by atoms with van der Waals surface area (Å²) in [4.78, 5) is 8.60. The summed E-state index contributed by atoms with van der Waals surface area (Å²) >= 11 is 0. The van der Waals surface area contributed by atoms with Crippen molar-refractivity contribution in [2.45, 2.75) is 26.6 Å². The minimum absolute atomic E-state index is 0.269. The number of hydrogen-bond donors (Lipinski definition) is 0. The monoisotopic (exact) mass is 206 g/mol. The fourth-order valence-electron chi connectivity index (χ4n) is 1.55. The number of aliphatic imine (C=N–C) groups is 1. The molecule has 0 fully saturated rings. The van der Waals surface area contributed by atoms with Gasteiger partial charge in [-0.05, 0) is 19.1 Å². The van der Waals surface area contributed by atoms with Gasteiger partial charge in [-0.2, -0.15) is 0 Å². The highest BCUT2D eigenvalue weighted by Gasteiger charge is 2.18. The van der Waals surface area contributed by atoms with Crippen molar-refractivity contribution in [3.8, 4) is 0 Å². The van der Waals surface area contributed by atoms with E-state index in [2.05, 4.69) is 9.98 Å². The van der Waals surface area contributed by atoms with Gasteiger partial charge >= 0.3 is 0 Å². The predicted molar refractivity (Wildman–Crippen MR) is 57.2 cm³/mol. The summed E-state index contributed by atoms with van der Waals surface area (Å²) in [7, 11) is 0. The second-order valence-electron chi connectivity index (χ2n) is 3.31. The third kappa shape index (κ3) is 2.33. The van der Waals surface area contributed by atoms with Crippen molar-refractivity contribution in [3.05, 3.63) is 24.0 Å². The van der Waals surface area contributed by atoms with Crippen molar-refractivity contribution in [3.63, 3.8) is 0 Å². The minimum atomic E-state index is -0.269. The summed E-state index contributed by atoms with van der Waals surface area (Å²) in [6, 6.07) is 3.81. The lowest BCUT2D eigenvalue weighted by Crippen LogP contribution is -2.21. The van der Waals surface area contributed by atoms with Crippen molar-refractivity contribution < 1.29 is 9.47 Å². The maximum absolute atomic E-state index is 5.52. The highest BCUT2D eigenvalue weighted by atomic mass is 16.7. The number of hydrogen-bond acceptors (Lipinski definition) is 4. The van der Waals surface area contributed by atoms with Crippen molar-refractivity contribution in [2.75, 3.05) is 6.61 Å². The van der Waals surface area contributed by atoms with E-state index in [1.807, 2.05) is 26.0 Å². The van der Waals surface area contributed by atoms with Gasteiger partial charge < -0.3 is 9.47 Å². The van der Waals surface area contributed by atoms with Crippen LogP contribution in [0.4, 0.5) is 5.69 Å². The van der Waals surface area contributed by atoms with Gasteiger partial charge in [0.25, 0.3) is 0 Å². The fraction of sp³-hybridized carbons (Fsp3) is 0.455. The second kappa shape index (κ2) is 4.40. The molecule has 1 aliphatic rings. The van der Waals surface area contributed by atoms with Crippen LogP contribution in [0.2, 0.25) is 0 Å². The van der Waals surface area contributed by atoms with E-state index < -0.39 is 0 Å². The Balaban J connectivity index is 2.28. The first-order valence-corrected chi connectivity index (χ1v) is 5.07. The summed E-state index contributed by atoms with van der Waals surface area (Å²) in [5, 5.41) is 0. The number of ether oxygens (including phenoxy) is 2.